The molecule has 0 bridgehead atoms. The summed E-state index contributed by atoms with van der Waals surface area (Å²) in [6.07, 6.45) is 4.98. The van der Waals surface area contributed by atoms with Crippen LogP contribution in [-0.4, -0.2) is 5.88 Å². The molecular weight excluding hydrogens is 211 g/mol. The molecule has 1 aromatic rings. The minimum Gasteiger partial charge on any atom is -0.207 e. The molecule has 82 valence electrons. The number of alkyl halides is 1. The molecule has 1 aliphatic carbocycles. The zero-order chi connectivity index (χ0) is 10.7. The van der Waals surface area contributed by atoms with Crippen LogP contribution in [0, 0.1) is 17.7 Å². The van der Waals surface area contributed by atoms with Crippen molar-refractivity contribution in [2.45, 2.75) is 25.7 Å². The predicted molar refractivity (Wildman–Crippen MR) is 61.7 cm³/mol. The second-order valence-corrected chi connectivity index (χ2v) is 4.74. The van der Waals surface area contributed by atoms with E-state index in [1.165, 1.54) is 37.0 Å². The first-order valence-electron chi connectivity index (χ1n) is 5.60. The monoisotopic (exact) mass is 226 g/mol. The molecule has 0 N–H and O–H groups in total. The van der Waals surface area contributed by atoms with Gasteiger partial charge in [-0.1, -0.05) is 31.4 Å². The average Bonchev–Trinajstić information content (AvgIpc) is 2.17. The molecule has 15 heavy (non-hydrogen) atoms. The summed E-state index contributed by atoms with van der Waals surface area (Å²) in [6.45, 7) is 0. The summed E-state index contributed by atoms with van der Waals surface area (Å²) >= 11 is 5.98. The van der Waals surface area contributed by atoms with Crippen molar-refractivity contribution in [1.29, 1.82) is 0 Å². The first-order valence-corrected chi connectivity index (χ1v) is 6.13. The fourth-order valence-electron chi connectivity index (χ4n) is 2.18. The molecule has 1 atom stereocenters. The van der Waals surface area contributed by atoms with Gasteiger partial charge in [0.05, 0.1) is 0 Å². The fraction of sp³-hybridized carbons (Fsp3) is 0.538. The minimum absolute atomic E-state index is 0.162. The van der Waals surface area contributed by atoms with E-state index in [-0.39, 0.29) is 5.82 Å². The van der Waals surface area contributed by atoms with Crippen LogP contribution in [0.2, 0.25) is 0 Å². The lowest BCUT2D eigenvalue weighted by Crippen LogP contribution is -2.25. The molecule has 1 saturated carbocycles. The normalized spacial score (nSPS) is 18.5. The van der Waals surface area contributed by atoms with Crippen LogP contribution in [-0.2, 0) is 6.42 Å². The Kier molecular flexibility index (Phi) is 3.63. The Hall–Kier alpha value is -0.560. The van der Waals surface area contributed by atoms with Gasteiger partial charge in [-0.2, -0.15) is 0 Å². The zero-order valence-electron chi connectivity index (χ0n) is 8.76. The summed E-state index contributed by atoms with van der Waals surface area (Å²) in [5.41, 5.74) is 1.20. The topological polar surface area (TPSA) is 0 Å². The molecule has 0 amide bonds. The Morgan fingerprint density at radius 2 is 1.93 bits per heavy atom. The molecule has 0 aliphatic heterocycles. The molecule has 0 saturated heterocycles. The van der Waals surface area contributed by atoms with Crippen LogP contribution in [0.25, 0.3) is 0 Å². The molecule has 2 heteroatoms. The van der Waals surface area contributed by atoms with Crippen LogP contribution < -0.4 is 0 Å². The van der Waals surface area contributed by atoms with E-state index in [0.29, 0.717) is 5.92 Å². The summed E-state index contributed by atoms with van der Waals surface area (Å²) in [7, 11) is 0. The summed E-state index contributed by atoms with van der Waals surface area (Å²) in [5, 5.41) is 0. The maximum Gasteiger partial charge on any atom is 0.123 e. The molecule has 0 radical (unpaired) electrons. The van der Waals surface area contributed by atoms with Crippen LogP contribution >= 0.6 is 11.6 Å². The van der Waals surface area contributed by atoms with E-state index >= 15 is 0 Å². The van der Waals surface area contributed by atoms with Crippen molar-refractivity contribution in [1.82, 2.24) is 0 Å². The van der Waals surface area contributed by atoms with E-state index in [0.717, 1.165) is 18.2 Å². The Balaban J connectivity index is 1.96. The second-order valence-electron chi connectivity index (χ2n) is 4.44. The van der Waals surface area contributed by atoms with Gasteiger partial charge in [0.15, 0.2) is 0 Å². The molecule has 1 aliphatic rings. The van der Waals surface area contributed by atoms with Gasteiger partial charge in [-0.15, -0.1) is 11.6 Å². The van der Waals surface area contributed by atoms with Gasteiger partial charge in [-0.05, 0) is 36.0 Å². The molecule has 1 fully saturated rings. The Labute approximate surface area is 95.4 Å². The highest BCUT2D eigenvalue weighted by Gasteiger charge is 2.26. The summed E-state index contributed by atoms with van der Waals surface area (Å²) in [4.78, 5) is 0. The lowest BCUT2D eigenvalue weighted by molar-refractivity contribution is 0.222. The van der Waals surface area contributed by atoms with Crippen molar-refractivity contribution in [3.63, 3.8) is 0 Å². The molecule has 0 heterocycles. The van der Waals surface area contributed by atoms with Crippen molar-refractivity contribution in [2.75, 3.05) is 5.88 Å². The third-order valence-electron chi connectivity index (χ3n) is 3.43. The van der Waals surface area contributed by atoms with Crippen LogP contribution in [0.5, 0.6) is 0 Å². The molecule has 0 nitrogen and oxygen atoms in total. The third kappa shape index (κ3) is 2.72. The summed E-state index contributed by atoms with van der Waals surface area (Å²) in [5.74, 6) is 1.94. The first-order chi connectivity index (χ1) is 7.29. The molecule has 1 unspecified atom stereocenters. The van der Waals surface area contributed by atoms with Gasteiger partial charge in [0.2, 0.25) is 0 Å². The van der Waals surface area contributed by atoms with Crippen LogP contribution in [0.3, 0.4) is 0 Å². The van der Waals surface area contributed by atoms with E-state index in [1.54, 1.807) is 0 Å². The van der Waals surface area contributed by atoms with Gasteiger partial charge in [0, 0.05) is 5.88 Å². The summed E-state index contributed by atoms with van der Waals surface area (Å²) < 4.78 is 12.7. The highest BCUT2D eigenvalue weighted by atomic mass is 35.5. The molecule has 1 aromatic carbocycles. The maximum absolute atomic E-state index is 12.7. The number of hydrogen-bond donors (Lipinski definition) is 0. The van der Waals surface area contributed by atoms with Crippen molar-refractivity contribution >= 4 is 11.6 Å². The second kappa shape index (κ2) is 4.98. The summed E-state index contributed by atoms with van der Waals surface area (Å²) in [6, 6.07) is 6.80. The Morgan fingerprint density at radius 1 is 1.27 bits per heavy atom. The zero-order valence-corrected chi connectivity index (χ0v) is 9.51. The average molecular weight is 227 g/mol. The quantitative estimate of drug-likeness (QED) is 0.681. The van der Waals surface area contributed by atoms with Gasteiger partial charge in [0.25, 0.3) is 0 Å². The standard InChI is InChI=1S/C13H16ClF/c14-9-12(11-2-1-3-11)8-10-4-6-13(15)7-5-10/h4-7,11-12H,1-3,8-9H2. The van der Waals surface area contributed by atoms with Crippen molar-refractivity contribution in [2.24, 2.45) is 11.8 Å². The third-order valence-corrected chi connectivity index (χ3v) is 3.82. The van der Waals surface area contributed by atoms with Gasteiger partial charge in [0.1, 0.15) is 5.82 Å². The fourth-order valence-corrected chi connectivity index (χ4v) is 2.54. The van der Waals surface area contributed by atoms with Crippen LogP contribution in [0.15, 0.2) is 24.3 Å². The minimum atomic E-state index is -0.162. The van der Waals surface area contributed by atoms with E-state index in [2.05, 4.69) is 0 Å². The van der Waals surface area contributed by atoms with Gasteiger partial charge in [-0.25, -0.2) is 4.39 Å². The highest BCUT2D eigenvalue weighted by Crippen LogP contribution is 2.35. The van der Waals surface area contributed by atoms with Crippen molar-refractivity contribution in [3.8, 4) is 0 Å². The van der Waals surface area contributed by atoms with E-state index < -0.39 is 0 Å². The maximum atomic E-state index is 12.7. The van der Waals surface area contributed by atoms with E-state index in [4.69, 9.17) is 11.6 Å². The van der Waals surface area contributed by atoms with Crippen molar-refractivity contribution < 1.29 is 4.39 Å². The molecular formula is C13H16ClF. The van der Waals surface area contributed by atoms with Crippen molar-refractivity contribution in [3.05, 3.63) is 35.6 Å². The van der Waals surface area contributed by atoms with Gasteiger partial charge < -0.3 is 0 Å². The number of rotatable bonds is 4. The molecule has 0 aromatic heterocycles. The SMILES string of the molecule is Fc1ccc(CC(CCl)C2CCC2)cc1. The Morgan fingerprint density at radius 3 is 2.40 bits per heavy atom. The lowest BCUT2D eigenvalue weighted by Gasteiger charge is -2.32. The predicted octanol–water partition coefficient (Wildman–Crippen LogP) is 4.02. The van der Waals surface area contributed by atoms with E-state index in [1.807, 2.05) is 12.1 Å². The van der Waals surface area contributed by atoms with Crippen LogP contribution in [0.4, 0.5) is 4.39 Å². The number of hydrogen-bond acceptors (Lipinski definition) is 0. The van der Waals surface area contributed by atoms with Gasteiger partial charge >= 0.3 is 0 Å². The largest absolute Gasteiger partial charge is 0.207 e. The van der Waals surface area contributed by atoms with Gasteiger partial charge in [-0.3, -0.25) is 0 Å². The molecule has 2 rings (SSSR count). The smallest absolute Gasteiger partial charge is 0.123 e. The first kappa shape index (κ1) is 10.9. The highest BCUT2D eigenvalue weighted by molar-refractivity contribution is 6.18. The lowest BCUT2D eigenvalue weighted by atomic mass is 9.74. The van der Waals surface area contributed by atoms with E-state index in [9.17, 15) is 4.39 Å². The number of halogens is 2. The van der Waals surface area contributed by atoms with Crippen LogP contribution in [0.1, 0.15) is 24.8 Å². The molecule has 0 spiro atoms. The number of benzene rings is 1. The Bertz CT molecular complexity index is 303.